The Morgan fingerprint density at radius 1 is 1.11 bits per heavy atom. The number of rotatable bonds is 6. The van der Waals surface area contributed by atoms with E-state index in [0.29, 0.717) is 32.9 Å². The second-order valence-corrected chi connectivity index (χ2v) is 11.5. The second-order valence-electron chi connectivity index (χ2n) is 8.05. The van der Waals surface area contributed by atoms with Gasteiger partial charge in [0.25, 0.3) is 11.5 Å². The third-order valence-electron chi connectivity index (χ3n) is 5.13. The predicted octanol–water partition coefficient (Wildman–Crippen LogP) is 4.90. The number of halogens is 2. The zero-order chi connectivity index (χ0) is 26.2. The van der Waals surface area contributed by atoms with E-state index in [1.807, 2.05) is 6.92 Å². The number of benzene rings is 1. The van der Waals surface area contributed by atoms with Crippen LogP contribution in [0.15, 0.2) is 59.7 Å². The number of aromatic nitrogens is 2. The van der Waals surface area contributed by atoms with Crippen LogP contribution in [0.2, 0.25) is 5.02 Å². The Morgan fingerprint density at radius 2 is 1.83 bits per heavy atom. The number of thiophene rings is 1. The van der Waals surface area contributed by atoms with Crippen molar-refractivity contribution in [2.75, 3.05) is 16.3 Å². The van der Waals surface area contributed by atoms with E-state index < -0.39 is 21.7 Å². The quantitative estimate of drug-likeness (QED) is 0.357. The van der Waals surface area contributed by atoms with Gasteiger partial charge in [-0.05, 0) is 48.9 Å². The number of sulfonamides is 1. The summed E-state index contributed by atoms with van der Waals surface area (Å²) in [6.07, 6.45) is 3.68. The van der Waals surface area contributed by atoms with E-state index in [2.05, 4.69) is 15.0 Å². The summed E-state index contributed by atoms with van der Waals surface area (Å²) in [5.74, 6) is -1.00. The standard InChI is InChI=1S/C24H20ClFN4O4S2/c1-13-19(23-20(9-16(26)12-27-23)14-4-5-30(2)22(31)6-14)11-21(35-13)24(32)28-17-7-15(25)8-18(10-17)29-36(3,33)34/h4-12,29H,1-3H3,(H,28,32). The summed E-state index contributed by atoms with van der Waals surface area (Å²) in [7, 11) is -1.92. The fourth-order valence-electron chi connectivity index (χ4n) is 3.55. The van der Waals surface area contributed by atoms with Crippen LogP contribution in [0.3, 0.4) is 0 Å². The molecule has 4 aromatic rings. The molecule has 1 aromatic carbocycles. The second kappa shape index (κ2) is 9.84. The smallest absolute Gasteiger partial charge is 0.265 e. The molecule has 0 fully saturated rings. The highest BCUT2D eigenvalue weighted by Gasteiger charge is 2.19. The predicted molar refractivity (Wildman–Crippen MR) is 141 cm³/mol. The van der Waals surface area contributed by atoms with Crippen molar-refractivity contribution in [1.82, 2.24) is 9.55 Å². The lowest BCUT2D eigenvalue weighted by molar-refractivity contribution is 0.103. The Kier molecular flexibility index (Phi) is 6.98. The van der Waals surface area contributed by atoms with Crippen molar-refractivity contribution in [2.45, 2.75) is 6.92 Å². The third kappa shape index (κ3) is 5.81. The van der Waals surface area contributed by atoms with Crippen molar-refractivity contribution < 1.29 is 17.6 Å². The maximum Gasteiger partial charge on any atom is 0.265 e. The first-order valence-electron chi connectivity index (χ1n) is 10.4. The SMILES string of the molecule is Cc1sc(C(=O)Nc2cc(Cl)cc(NS(C)(=O)=O)c2)cc1-c1ncc(F)cc1-c1ccn(C)c(=O)c1. The summed E-state index contributed by atoms with van der Waals surface area (Å²) in [5.41, 5.74) is 2.22. The summed E-state index contributed by atoms with van der Waals surface area (Å²) < 4.78 is 40.9. The van der Waals surface area contributed by atoms with Crippen LogP contribution in [0.1, 0.15) is 14.5 Å². The molecule has 0 aliphatic heterocycles. The van der Waals surface area contributed by atoms with E-state index in [9.17, 15) is 22.4 Å². The lowest BCUT2D eigenvalue weighted by Crippen LogP contribution is -2.14. The largest absolute Gasteiger partial charge is 0.321 e. The van der Waals surface area contributed by atoms with Gasteiger partial charge in [0.05, 0.1) is 28.7 Å². The van der Waals surface area contributed by atoms with Crippen molar-refractivity contribution in [2.24, 2.45) is 7.05 Å². The molecule has 0 spiro atoms. The number of hydrogen-bond donors (Lipinski definition) is 2. The third-order valence-corrected chi connectivity index (χ3v) is 7.00. The first-order chi connectivity index (χ1) is 16.9. The molecule has 2 N–H and O–H groups in total. The van der Waals surface area contributed by atoms with Gasteiger partial charge in [-0.25, -0.2) is 12.8 Å². The topological polar surface area (TPSA) is 110 Å². The van der Waals surface area contributed by atoms with Crippen molar-refractivity contribution in [1.29, 1.82) is 0 Å². The van der Waals surface area contributed by atoms with Gasteiger partial charge in [0.15, 0.2) is 0 Å². The van der Waals surface area contributed by atoms with Gasteiger partial charge >= 0.3 is 0 Å². The minimum absolute atomic E-state index is 0.206. The fourth-order valence-corrected chi connectivity index (χ4v) is 5.24. The summed E-state index contributed by atoms with van der Waals surface area (Å²) in [5, 5.41) is 2.95. The van der Waals surface area contributed by atoms with Gasteiger partial charge in [-0.2, -0.15) is 0 Å². The number of hydrogen-bond acceptors (Lipinski definition) is 6. The van der Waals surface area contributed by atoms with Gasteiger partial charge < -0.3 is 9.88 Å². The molecule has 0 atom stereocenters. The zero-order valence-electron chi connectivity index (χ0n) is 19.3. The number of amides is 1. The Labute approximate surface area is 215 Å². The molecule has 0 bridgehead atoms. The van der Waals surface area contributed by atoms with Crippen LogP contribution >= 0.6 is 22.9 Å². The number of carbonyl (C=O) groups is 1. The molecule has 186 valence electrons. The monoisotopic (exact) mass is 546 g/mol. The molecule has 1 amide bonds. The average Bonchev–Trinajstić information content (AvgIpc) is 3.15. The number of nitrogens with zero attached hydrogens (tertiary/aromatic N) is 2. The van der Waals surface area contributed by atoms with E-state index >= 15 is 0 Å². The molecule has 3 aromatic heterocycles. The molecule has 3 heterocycles. The maximum absolute atomic E-state index is 14.1. The number of aryl methyl sites for hydroxylation is 2. The minimum atomic E-state index is -3.53. The van der Waals surface area contributed by atoms with Crippen LogP contribution in [-0.2, 0) is 17.1 Å². The number of anilines is 2. The molecule has 12 heteroatoms. The fraction of sp³-hybridized carbons (Fsp3) is 0.125. The van der Waals surface area contributed by atoms with Gasteiger partial charge in [0.1, 0.15) is 5.82 Å². The van der Waals surface area contributed by atoms with Crippen molar-refractivity contribution in [3.8, 4) is 22.4 Å². The lowest BCUT2D eigenvalue weighted by atomic mass is 10.00. The van der Waals surface area contributed by atoms with Gasteiger partial charge in [-0.15, -0.1) is 11.3 Å². The molecule has 0 aliphatic carbocycles. The normalized spacial score (nSPS) is 11.4. The molecule has 0 saturated carbocycles. The van der Waals surface area contributed by atoms with E-state index in [4.69, 9.17) is 11.6 Å². The lowest BCUT2D eigenvalue weighted by Gasteiger charge is -2.10. The molecule has 0 saturated heterocycles. The highest BCUT2D eigenvalue weighted by atomic mass is 35.5. The number of nitrogens with one attached hydrogen (secondary N) is 2. The number of carbonyl (C=O) groups excluding carboxylic acids is 1. The van der Waals surface area contributed by atoms with Crippen LogP contribution in [-0.4, -0.2) is 30.1 Å². The summed E-state index contributed by atoms with van der Waals surface area (Å²) in [6, 6.07) is 10.4. The highest BCUT2D eigenvalue weighted by Crippen LogP contribution is 2.36. The van der Waals surface area contributed by atoms with Crippen molar-refractivity contribution in [3.63, 3.8) is 0 Å². The van der Waals surface area contributed by atoms with Crippen LogP contribution in [0.25, 0.3) is 22.4 Å². The molecular formula is C24H20ClFN4O4S2. The van der Waals surface area contributed by atoms with Gasteiger partial charge in [-0.3, -0.25) is 19.3 Å². The average molecular weight is 547 g/mol. The van der Waals surface area contributed by atoms with E-state index in [-0.39, 0.29) is 16.3 Å². The summed E-state index contributed by atoms with van der Waals surface area (Å²) in [6.45, 7) is 1.81. The van der Waals surface area contributed by atoms with Crippen molar-refractivity contribution in [3.05, 3.63) is 85.8 Å². The van der Waals surface area contributed by atoms with Crippen LogP contribution in [0.5, 0.6) is 0 Å². The number of pyridine rings is 2. The van der Waals surface area contributed by atoms with Crippen LogP contribution < -0.4 is 15.6 Å². The van der Waals surface area contributed by atoms with E-state index in [1.54, 1.807) is 25.4 Å². The Morgan fingerprint density at radius 3 is 2.53 bits per heavy atom. The minimum Gasteiger partial charge on any atom is -0.321 e. The van der Waals surface area contributed by atoms with Gasteiger partial charge in [0, 0.05) is 46.0 Å². The highest BCUT2D eigenvalue weighted by molar-refractivity contribution is 7.92. The Hall–Kier alpha value is -3.54. The Bertz CT molecular complexity index is 1670. The molecule has 4 rings (SSSR count). The molecule has 0 radical (unpaired) electrons. The zero-order valence-corrected chi connectivity index (χ0v) is 21.7. The van der Waals surface area contributed by atoms with Crippen LogP contribution in [0, 0.1) is 12.7 Å². The molecule has 0 aliphatic rings. The van der Waals surface area contributed by atoms with Crippen LogP contribution in [0.4, 0.5) is 15.8 Å². The van der Waals surface area contributed by atoms with Gasteiger partial charge in [0.2, 0.25) is 10.0 Å². The molecule has 36 heavy (non-hydrogen) atoms. The molecular weight excluding hydrogens is 527 g/mol. The Balaban J connectivity index is 1.69. The summed E-state index contributed by atoms with van der Waals surface area (Å²) in [4.78, 5) is 30.5. The van der Waals surface area contributed by atoms with E-state index in [0.717, 1.165) is 17.3 Å². The first-order valence-corrected chi connectivity index (χ1v) is 13.5. The molecule has 0 unspecified atom stereocenters. The molecule has 8 nitrogen and oxygen atoms in total. The van der Waals surface area contributed by atoms with Gasteiger partial charge in [-0.1, -0.05) is 11.6 Å². The maximum atomic E-state index is 14.1. The van der Waals surface area contributed by atoms with Crippen molar-refractivity contribution >= 4 is 50.2 Å². The first kappa shape index (κ1) is 25.5. The summed E-state index contributed by atoms with van der Waals surface area (Å²) >= 11 is 7.29. The van der Waals surface area contributed by atoms with E-state index in [1.165, 1.54) is 46.2 Å².